The number of carbonyl (C=O) groups excluding carboxylic acids is 1. The molecule has 0 bridgehead atoms. The molecule has 10 heteroatoms. The van der Waals surface area contributed by atoms with Crippen LogP contribution in [0.5, 0.6) is 0 Å². The Hall–Kier alpha value is -2.82. The summed E-state index contributed by atoms with van der Waals surface area (Å²) in [6.45, 7) is 3.11. The summed E-state index contributed by atoms with van der Waals surface area (Å²) in [4.78, 5) is 21.0. The summed E-state index contributed by atoms with van der Waals surface area (Å²) in [7, 11) is 1.67. The summed E-state index contributed by atoms with van der Waals surface area (Å²) in [6.07, 6.45) is 1.33. The molecule has 7 nitrogen and oxygen atoms in total. The van der Waals surface area contributed by atoms with Gasteiger partial charge in [-0.05, 0) is 18.2 Å². The van der Waals surface area contributed by atoms with Crippen LogP contribution in [0, 0.1) is 5.82 Å². The fraction of sp³-hybridized carbons (Fsp3) is 0.250. The van der Waals surface area contributed by atoms with Crippen LogP contribution in [0.2, 0.25) is 0 Å². The third kappa shape index (κ3) is 3.69. The first-order chi connectivity index (χ1) is 14.6. The molecule has 1 saturated heterocycles. The zero-order valence-electron chi connectivity index (χ0n) is 16.1. The van der Waals surface area contributed by atoms with E-state index in [4.69, 9.17) is 4.74 Å². The lowest BCUT2D eigenvalue weighted by atomic mass is 10.1. The smallest absolute Gasteiger partial charge is 0.265 e. The predicted molar refractivity (Wildman–Crippen MR) is 117 cm³/mol. The maximum absolute atomic E-state index is 13.9. The average Bonchev–Trinajstić information content (AvgIpc) is 3.42. The van der Waals surface area contributed by atoms with Crippen LogP contribution in [0.4, 0.5) is 15.2 Å². The van der Waals surface area contributed by atoms with Gasteiger partial charge in [0.05, 0.1) is 29.0 Å². The van der Waals surface area contributed by atoms with Crippen molar-refractivity contribution in [1.82, 2.24) is 14.8 Å². The van der Waals surface area contributed by atoms with Crippen molar-refractivity contribution >= 4 is 48.9 Å². The van der Waals surface area contributed by atoms with Gasteiger partial charge in [-0.1, -0.05) is 23.5 Å². The zero-order valence-corrected chi connectivity index (χ0v) is 17.7. The Morgan fingerprint density at radius 2 is 1.97 bits per heavy atom. The van der Waals surface area contributed by atoms with Crippen LogP contribution < -0.4 is 10.2 Å². The molecule has 5 rings (SSSR count). The van der Waals surface area contributed by atoms with E-state index >= 15 is 0 Å². The summed E-state index contributed by atoms with van der Waals surface area (Å²) in [6, 6.07) is 8.85. The number of fused-ring (bicyclic) bond motifs is 1. The van der Waals surface area contributed by atoms with Gasteiger partial charge in [0.25, 0.3) is 5.91 Å². The van der Waals surface area contributed by atoms with E-state index in [1.807, 2.05) is 6.07 Å². The third-order valence-electron chi connectivity index (χ3n) is 4.78. The quantitative estimate of drug-likeness (QED) is 0.516. The number of aromatic nitrogens is 3. The van der Waals surface area contributed by atoms with E-state index in [-0.39, 0.29) is 17.4 Å². The van der Waals surface area contributed by atoms with Crippen LogP contribution in [0.15, 0.2) is 36.5 Å². The lowest BCUT2D eigenvalue weighted by molar-refractivity contribution is 0.103. The highest BCUT2D eigenvalue weighted by molar-refractivity contribution is 7.29. The summed E-state index contributed by atoms with van der Waals surface area (Å²) in [5.74, 6) is -0.563. The van der Waals surface area contributed by atoms with Gasteiger partial charge in [-0.3, -0.25) is 9.48 Å². The number of aryl methyl sites for hydroxylation is 1. The van der Waals surface area contributed by atoms with Crippen LogP contribution in [-0.2, 0) is 11.8 Å². The highest BCUT2D eigenvalue weighted by Gasteiger charge is 2.19. The van der Waals surface area contributed by atoms with E-state index in [0.29, 0.717) is 29.3 Å². The highest BCUT2D eigenvalue weighted by Crippen LogP contribution is 2.35. The second-order valence-electron chi connectivity index (χ2n) is 6.91. The summed E-state index contributed by atoms with van der Waals surface area (Å²) in [5.41, 5.74) is 1.58. The van der Waals surface area contributed by atoms with Crippen molar-refractivity contribution in [2.24, 2.45) is 7.05 Å². The zero-order chi connectivity index (χ0) is 20.7. The lowest BCUT2D eigenvalue weighted by Gasteiger charge is -2.25. The Morgan fingerprint density at radius 1 is 1.20 bits per heavy atom. The van der Waals surface area contributed by atoms with E-state index in [1.165, 1.54) is 22.2 Å². The first kappa shape index (κ1) is 19.2. The molecule has 0 spiro atoms. The third-order valence-corrected chi connectivity index (χ3v) is 7.00. The Morgan fingerprint density at radius 3 is 2.63 bits per heavy atom. The van der Waals surface area contributed by atoms with E-state index in [9.17, 15) is 9.18 Å². The number of thiazole rings is 1. The Labute approximate surface area is 179 Å². The number of thiophene rings is 1. The normalized spacial score (nSPS) is 14.4. The molecule has 1 aromatic carbocycles. The highest BCUT2D eigenvalue weighted by atomic mass is 32.1. The molecule has 0 atom stereocenters. The van der Waals surface area contributed by atoms with E-state index in [0.717, 1.165) is 27.8 Å². The molecule has 3 aromatic heterocycles. The van der Waals surface area contributed by atoms with Crippen LogP contribution in [0.3, 0.4) is 0 Å². The van der Waals surface area contributed by atoms with E-state index in [1.54, 1.807) is 42.6 Å². The summed E-state index contributed by atoms with van der Waals surface area (Å²) in [5, 5.41) is 7.98. The Kier molecular flexibility index (Phi) is 4.97. The molecule has 1 fully saturated rings. The van der Waals surface area contributed by atoms with Crippen molar-refractivity contribution in [2.45, 2.75) is 0 Å². The number of rotatable bonds is 4. The number of hydrogen-bond acceptors (Lipinski definition) is 7. The van der Waals surface area contributed by atoms with Gasteiger partial charge in [-0.2, -0.15) is 5.10 Å². The van der Waals surface area contributed by atoms with Crippen molar-refractivity contribution in [1.29, 1.82) is 0 Å². The largest absolute Gasteiger partial charge is 0.378 e. The van der Waals surface area contributed by atoms with Gasteiger partial charge in [0, 0.05) is 31.4 Å². The van der Waals surface area contributed by atoms with Gasteiger partial charge in [-0.15, -0.1) is 11.3 Å². The number of amides is 1. The summed E-state index contributed by atoms with van der Waals surface area (Å²) >= 11 is 2.98. The molecular weight excluding hydrogens is 425 g/mol. The number of hydrogen-bond donors (Lipinski definition) is 1. The van der Waals surface area contributed by atoms with Gasteiger partial charge < -0.3 is 15.0 Å². The molecule has 1 amide bonds. The van der Waals surface area contributed by atoms with Gasteiger partial charge in [-0.25, -0.2) is 9.37 Å². The molecular formula is C20H18FN5O2S2. The SMILES string of the molecule is Cn1cc(F)c(-c2ccc(NC(=O)c3cc4sc(N5CCOCC5)nc4s3)cc2)n1. The fourth-order valence-corrected chi connectivity index (χ4v) is 5.44. The van der Waals surface area contributed by atoms with Crippen LogP contribution >= 0.6 is 22.7 Å². The number of ether oxygens (including phenoxy) is 1. The van der Waals surface area contributed by atoms with Crippen molar-refractivity contribution in [3.8, 4) is 11.3 Å². The van der Waals surface area contributed by atoms with Crippen LogP contribution in [-0.4, -0.2) is 47.0 Å². The first-order valence-corrected chi connectivity index (χ1v) is 11.0. The van der Waals surface area contributed by atoms with Gasteiger partial charge in [0.2, 0.25) is 0 Å². The number of morpholine rings is 1. The van der Waals surface area contributed by atoms with E-state index < -0.39 is 0 Å². The van der Waals surface area contributed by atoms with Gasteiger partial charge >= 0.3 is 0 Å². The van der Waals surface area contributed by atoms with Gasteiger partial charge in [0.1, 0.15) is 10.5 Å². The molecule has 30 heavy (non-hydrogen) atoms. The average molecular weight is 444 g/mol. The maximum atomic E-state index is 13.9. The molecule has 0 radical (unpaired) electrons. The number of nitrogens with one attached hydrogen (secondary N) is 1. The number of nitrogens with zero attached hydrogens (tertiary/aromatic N) is 4. The molecule has 1 aliphatic heterocycles. The molecule has 4 aromatic rings. The lowest BCUT2D eigenvalue weighted by Crippen LogP contribution is -2.36. The molecule has 0 aliphatic carbocycles. The topological polar surface area (TPSA) is 72.3 Å². The van der Waals surface area contributed by atoms with Gasteiger partial charge in [0.15, 0.2) is 10.9 Å². The monoisotopic (exact) mass is 443 g/mol. The molecule has 0 unspecified atom stereocenters. The molecule has 1 aliphatic rings. The Balaban J connectivity index is 1.29. The fourth-order valence-electron chi connectivity index (χ4n) is 3.28. The number of halogens is 1. The van der Waals surface area contributed by atoms with E-state index in [2.05, 4.69) is 20.3 Å². The molecule has 4 heterocycles. The van der Waals surface area contributed by atoms with Crippen molar-refractivity contribution < 1.29 is 13.9 Å². The maximum Gasteiger partial charge on any atom is 0.265 e. The van der Waals surface area contributed by atoms with Crippen molar-refractivity contribution in [3.63, 3.8) is 0 Å². The predicted octanol–water partition coefficient (Wildman–Crippen LogP) is 3.99. The minimum Gasteiger partial charge on any atom is -0.378 e. The standard InChI is InChI=1S/C20H18FN5O2S2/c1-25-11-14(21)17(24-25)12-2-4-13(5-3-12)22-18(27)15-10-16-19(29-15)23-20(30-16)26-6-8-28-9-7-26/h2-5,10-11H,6-9H2,1H3,(H,22,27). The van der Waals surface area contributed by atoms with Crippen molar-refractivity contribution in [2.75, 3.05) is 36.5 Å². The van der Waals surface area contributed by atoms with Crippen molar-refractivity contribution in [3.05, 3.63) is 47.2 Å². The Bertz CT molecular complexity index is 1180. The minimum absolute atomic E-state index is 0.185. The second kappa shape index (κ2) is 7.78. The number of benzene rings is 1. The number of carbonyl (C=O) groups is 1. The van der Waals surface area contributed by atoms with Crippen LogP contribution in [0.25, 0.3) is 20.8 Å². The molecule has 154 valence electrons. The minimum atomic E-state index is -0.378. The van der Waals surface area contributed by atoms with Crippen LogP contribution in [0.1, 0.15) is 9.67 Å². The second-order valence-corrected chi connectivity index (χ2v) is 8.95. The number of anilines is 2. The molecule has 1 N–H and O–H groups in total. The summed E-state index contributed by atoms with van der Waals surface area (Å²) < 4.78 is 21.7. The first-order valence-electron chi connectivity index (χ1n) is 9.41. The molecule has 0 saturated carbocycles.